The average Bonchev–Trinajstić information content (AvgIpc) is 2.48. The van der Waals surface area contributed by atoms with Gasteiger partial charge in [0.15, 0.2) is 0 Å². The van der Waals surface area contributed by atoms with Gasteiger partial charge in [0.25, 0.3) is 0 Å². The summed E-state index contributed by atoms with van der Waals surface area (Å²) in [6.07, 6.45) is -1.46. The summed E-state index contributed by atoms with van der Waals surface area (Å²) in [7, 11) is 0. The van der Waals surface area contributed by atoms with Gasteiger partial charge in [0.1, 0.15) is 29.4 Å². The lowest BCUT2D eigenvalue weighted by molar-refractivity contribution is -0.152. The molecule has 0 spiro atoms. The van der Waals surface area contributed by atoms with Crippen molar-refractivity contribution in [2.75, 3.05) is 0 Å². The normalized spacial score (nSPS) is 15.0. The second-order valence-electron chi connectivity index (χ2n) is 7.95. The minimum Gasteiger partial charge on any atom is -0.460 e. The first-order valence-electron chi connectivity index (χ1n) is 8.96. The lowest BCUT2D eigenvalue weighted by atomic mass is 9.84. The quantitative estimate of drug-likeness (QED) is 0.730. The monoisotopic (exact) mass is 385 g/mol. The molecule has 0 aliphatic heterocycles. The molecule has 0 unspecified atom stereocenters. The number of amides is 1. The molecule has 0 heterocycles. The van der Waals surface area contributed by atoms with E-state index in [9.17, 15) is 18.4 Å². The predicted octanol–water partition coefficient (Wildman–Crippen LogP) is 4.55. The van der Waals surface area contributed by atoms with Crippen LogP contribution in [0.1, 0.15) is 59.9 Å². The molecule has 0 aliphatic carbocycles. The number of halogens is 2. The second kappa shape index (κ2) is 9.15. The molecule has 3 atom stereocenters. The molecule has 0 aliphatic rings. The van der Waals surface area contributed by atoms with Crippen molar-refractivity contribution in [3.8, 4) is 0 Å². The Morgan fingerprint density at radius 2 is 1.67 bits per heavy atom. The number of nitrogens with one attached hydrogen (secondary N) is 1. The zero-order chi connectivity index (χ0) is 20.9. The van der Waals surface area contributed by atoms with Gasteiger partial charge in [-0.2, -0.15) is 0 Å². The fourth-order valence-electron chi connectivity index (χ4n) is 2.83. The number of hydrogen-bond acceptors (Lipinski definition) is 4. The van der Waals surface area contributed by atoms with Gasteiger partial charge in [-0.1, -0.05) is 13.8 Å². The molecule has 0 saturated heterocycles. The maximum Gasteiger partial charge on any atom is 0.408 e. The predicted molar refractivity (Wildman–Crippen MR) is 98.3 cm³/mol. The molecule has 0 aromatic heterocycles. The first-order valence-corrected chi connectivity index (χ1v) is 8.96. The zero-order valence-corrected chi connectivity index (χ0v) is 16.9. The van der Waals surface area contributed by atoms with Gasteiger partial charge in [-0.15, -0.1) is 0 Å². The van der Waals surface area contributed by atoms with Gasteiger partial charge >= 0.3 is 12.1 Å². The SMILES string of the molecule is CC(C)[C@@H](c1cc(F)ccc1F)[C@H](C)OC(=O)[C@H](C)NC(=O)OC(C)(C)C. The molecular weight excluding hydrogens is 356 g/mol. The van der Waals surface area contributed by atoms with E-state index in [2.05, 4.69) is 5.32 Å². The molecule has 0 radical (unpaired) electrons. The van der Waals surface area contributed by atoms with E-state index < -0.39 is 47.4 Å². The van der Waals surface area contributed by atoms with Crippen LogP contribution in [-0.2, 0) is 14.3 Å². The Morgan fingerprint density at radius 1 is 1.07 bits per heavy atom. The number of carbonyl (C=O) groups is 2. The first kappa shape index (κ1) is 22.9. The van der Waals surface area contributed by atoms with E-state index in [-0.39, 0.29) is 11.5 Å². The van der Waals surface area contributed by atoms with Crippen molar-refractivity contribution in [3.63, 3.8) is 0 Å². The third kappa shape index (κ3) is 7.15. The molecule has 152 valence electrons. The van der Waals surface area contributed by atoms with E-state index in [1.54, 1.807) is 27.7 Å². The Bertz CT molecular complexity index is 670. The highest BCUT2D eigenvalue weighted by atomic mass is 19.1. The third-order valence-corrected chi connectivity index (χ3v) is 3.93. The van der Waals surface area contributed by atoms with Crippen molar-refractivity contribution in [3.05, 3.63) is 35.4 Å². The number of carbonyl (C=O) groups excluding carboxylic acids is 2. The van der Waals surface area contributed by atoms with Gasteiger partial charge in [0, 0.05) is 5.92 Å². The molecule has 0 saturated carbocycles. The van der Waals surface area contributed by atoms with Crippen LogP contribution in [0.15, 0.2) is 18.2 Å². The van der Waals surface area contributed by atoms with Crippen LogP contribution in [0.4, 0.5) is 13.6 Å². The lowest BCUT2D eigenvalue weighted by Crippen LogP contribution is -2.43. The number of alkyl carbamates (subject to hydrolysis) is 1. The van der Waals surface area contributed by atoms with Crippen LogP contribution in [0.2, 0.25) is 0 Å². The summed E-state index contributed by atoms with van der Waals surface area (Å²) in [5.41, 5.74) is -0.545. The van der Waals surface area contributed by atoms with E-state index in [4.69, 9.17) is 9.47 Å². The number of esters is 1. The van der Waals surface area contributed by atoms with E-state index in [1.807, 2.05) is 13.8 Å². The van der Waals surface area contributed by atoms with E-state index in [0.717, 1.165) is 18.2 Å². The molecule has 0 fully saturated rings. The maximum atomic E-state index is 14.2. The molecule has 0 bridgehead atoms. The molecule has 1 rings (SSSR count). The third-order valence-electron chi connectivity index (χ3n) is 3.93. The van der Waals surface area contributed by atoms with E-state index in [0.29, 0.717) is 0 Å². The standard InChI is InChI=1S/C20H29F2NO4/c1-11(2)17(15-10-14(21)8-9-16(15)22)13(4)26-18(24)12(3)23-19(25)27-20(5,6)7/h8-13,17H,1-7H3,(H,23,25)/t12-,13-,17+/m0/s1. The first-order chi connectivity index (χ1) is 12.3. The van der Waals surface area contributed by atoms with Crippen molar-refractivity contribution in [1.82, 2.24) is 5.32 Å². The Hall–Kier alpha value is -2.18. The Balaban J connectivity index is 2.84. The lowest BCUT2D eigenvalue weighted by Gasteiger charge is -2.29. The Labute approximate surface area is 159 Å². The van der Waals surface area contributed by atoms with Gasteiger partial charge in [-0.05, 0) is 64.3 Å². The summed E-state index contributed by atoms with van der Waals surface area (Å²) in [6, 6.07) is 2.26. The Kier molecular flexibility index (Phi) is 7.75. The fourth-order valence-corrected chi connectivity index (χ4v) is 2.83. The number of rotatable bonds is 6. The van der Waals surface area contributed by atoms with Crippen LogP contribution < -0.4 is 5.32 Å². The van der Waals surface area contributed by atoms with Crippen LogP contribution >= 0.6 is 0 Å². The van der Waals surface area contributed by atoms with Crippen molar-refractivity contribution in [2.24, 2.45) is 5.92 Å². The number of ether oxygens (including phenoxy) is 2. The van der Waals surface area contributed by atoms with Crippen LogP contribution in [0.25, 0.3) is 0 Å². The second-order valence-corrected chi connectivity index (χ2v) is 7.95. The van der Waals surface area contributed by atoms with Crippen molar-refractivity contribution in [1.29, 1.82) is 0 Å². The van der Waals surface area contributed by atoms with Crippen molar-refractivity contribution < 1.29 is 27.8 Å². The zero-order valence-electron chi connectivity index (χ0n) is 16.9. The number of benzene rings is 1. The minimum atomic E-state index is -0.951. The van der Waals surface area contributed by atoms with Gasteiger partial charge in [-0.25, -0.2) is 18.4 Å². The summed E-state index contributed by atoms with van der Waals surface area (Å²) in [4.78, 5) is 24.1. The average molecular weight is 385 g/mol. The summed E-state index contributed by atoms with van der Waals surface area (Å²) >= 11 is 0. The molecule has 1 amide bonds. The molecular formula is C20H29F2NO4. The Morgan fingerprint density at radius 3 is 2.19 bits per heavy atom. The van der Waals surface area contributed by atoms with Crippen molar-refractivity contribution >= 4 is 12.1 Å². The topological polar surface area (TPSA) is 64.6 Å². The fraction of sp³-hybridized carbons (Fsp3) is 0.600. The summed E-state index contributed by atoms with van der Waals surface area (Å²) in [5.74, 6) is -2.46. The summed E-state index contributed by atoms with van der Waals surface area (Å²) in [6.45, 7) is 11.9. The van der Waals surface area contributed by atoms with Crippen LogP contribution in [0, 0.1) is 17.6 Å². The highest BCUT2D eigenvalue weighted by Gasteiger charge is 2.30. The molecule has 7 heteroatoms. The van der Waals surface area contributed by atoms with E-state index in [1.165, 1.54) is 6.92 Å². The molecule has 1 aromatic rings. The highest BCUT2D eigenvalue weighted by molar-refractivity contribution is 5.81. The maximum absolute atomic E-state index is 14.2. The van der Waals surface area contributed by atoms with Gasteiger partial charge < -0.3 is 14.8 Å². The van der Waals surface area contributed by atoms with Gasteiger partial charge in [-0.3, -0.25) is 0 Å². The van der Waals surface area contributed by atoms with Crippen molar-refractivity contribution in [2.45, 2.75) is 72.1 Å². The molecule has 1 N–H and O–H groups in total. The molecule has 1 aromatic carbocycles. The summed E-state index contributed by atoms with van der Waals surface area (Å²) < 4.78 is 38.3. The van der Waals surface area contributed by atoms with Gasteiger partial charge in [0.05, 0.1) is 0 Å². The smallest absolute Gasteiger partial charge is 0.408 e. The molecule has 5 nitrogen and oxygen atoms in total. The van der Waals surface area contributed by atoms with Crippen LogP contribution in [0.5, 0.6) is 0 Å². The van der Waals surface area contributed by atoms with Gasteiger partial charge in [0.2, 0.25) is 0 Å². The summed E-state index contributed by atoms with van der Waals surface area (Å²) in [5, 5.41) is 2.40. The minimum absolute atomic E-state index is 0.113. The van der Waals surface area contributed by atoms with Crippen LogP contribution in [-0.4, -0.2) is 29.8 Å². The highest BCUT2D eigenvalue weighted by Crippen LogP contribution is 2.32. The molecule has 27 heavy (non-hydrogen) atoms. The largest absolute Gasteiger partial charge is 0.460 e. The van der Waals surface area contributed by atoms with E-state index >= 15 is 0 Å². The number of hydrogen-bond donors (Lipinski definition) is 1. The van der Waals surface area contributed by atoms with Crippen LogP contribution in [0.3, 0.4) is 0 Å².